The molecule has 0 saturated carbocycles. The van der Waals surface area contributed by atoms with Gasteiger partial charge in [0.2, 0.25) is 5.16 Å². The summed E-state index contributed by atoms with van der Waals surface area (Å²) in [5, 5.41) is 19.0. The molecule has 25 heavy (non-hydrogen) atoms. The quantitative estimate of drug-likeness (QED) is 0.667. The van der Waals surface area contributed by atoms with Gasteiger partial charge in [-0.15, -0.1) is 5.10 Å². The molecular weight excluding hydrogens is 362 g/mol. The Kier molecular flexibility index (Phi) is 5.25. The molecule has 0 aliphatic rings. The minimum absolute atomic E-state index is 0.150. The van der Waals surface area contributed by atoms with Crippen LogP contribution in [0.1, 0.15) is 15.9 Å². The van der Waals surface area contributed by atoms with E-state index in [1.165, 1.54) is 17.8 Å². The van der Waals surface area contributed by atoms with E-state index in [0.29, 0.717) is 33.1 Å². The number of nitrogens with one attached hydrogen (secondary N) is 1. The summed E-state index contributed by atoms with van der Waals surface area (Å²) >= 11 is 7.42. The number of halogens is 1. The molecule has 0 aliphatic heterocycles. The van der Waals surface area contributed by atoms with Crippen LogP contribution in [-0.2, 0) is 5.75 Å². The number of methoxy groups -OCH3 is 1. The first-order chi connectivity index (χ1) is 12.1. The Balaban J connectivity index is 1.75. The highest BCUT2D eigenvalue weighted by Crippen LogP contribution is 2.31. The number of carboxylic acids is 1. The van der Waals surface area contributed by atoms with Gasteiger partial charge in [-0.3, -0.25) is 5.10 Å². The molecular formula is C17H13ClN3O3S-. The fourth-order valence-corrected chi connectivity index (χ4v) is 3.15. The fourth-order valence-electron chi connectivity index (χ4n) is 2.23. The van der Waals surface area contributed by atoms with Gasteiger partial charge in [-0.25, -0.2) is 4.98 Å². The minimum Gasteiger partial charge on any atom is -0.545 e. The van der Waals surface area contributed by atoms with Crippen molar-refractivity contribution in [3.8, 4) is 17.1 Å². The molecule has 0 spiro atoms. The molecule has 2 aromatic carbocycles. The van der Waals surface area contributed by atoms with E-state index in [-0.39, 0.29) is 5.56 Å². The van der Waals surface area contributed by atoms with Crippen LogP contribution in [0, 0.1) is 0 Å². The molecule has 0 aliphatic carbocycles. The first-order valence-corrected chi connectivity index (χ1v) is 8.62. The summed E-state index contributed by atoms with van der Waals surface area (Å²) in [7, 11) is 1.57. The first-order valence-electron chi connectivity index (χ1n) is 7.26. The summed E-state index contributed by atoms with van der Waals surface area (Å²) in [5.74, 6) is 0.523. The lowest BCUT2D eigenvalue weighted by Gasteiger charge is -2.05. The Bertz CT molecular complexity index is 914. The third kappa shape index (κ3) is 4.12. The number of carboxylic acid groups (broad SMARTS) is 1. The predicted molar refractivity (Wildman–Crippen MR) is 93.7 cm³/mol. The maximum absolute atomic E-state index is 10.9. The van der Waals surface area contributed by atoms with Crippen molar-refractivity contribution in [1.29, 1.82) is 0 Å². The number of carbonyl (C=O) groups excluding carboxylic acids is 1. The molecule has 0 radical (unpaired) electrons. The van der Waals surface area contributed by atoms with Crippen molar-refractivity contribution in [1.82, 2.24) is 15.2 Å². The van der Waals surface area contributed by atoms with Gasteiger partial charge in [0.15, 0.2) is 5.82 Å². The second-order valence-corrected chi connectivity index (χ2v) is 6.47. The Morgan fingerprint density at radius 3 is 2.92 bits per heavy atom. The van der Waals surface area contributed by atoms with Crippen LogP contribution in [0.3, 0.4) is 0 Å². The van der Waals surface area contributed by atoms with Crippen LogP contribution >= 0.6 is 23.4 Å². The van der Waals surface area contributed by atoms with Gasteiger partial charge in [0, 0.05) is 10.8 Å². The Hall–Kier alpha value is -2.51. The van der Waals surface area contributed by atoms with Gasteiger partial charge in [-0.05, 0) is 35.4 Å². The summed E-state index contributed by atoms with van der Waals surface area (Å²) in [5.41, 5.74) is 1.71. The van der Waals surface area contributed by atoms with Crippen LogP contribution in [0.15, 0.2) is 47.6 Å². The summed E-state index contributed by atoms with van der Waals surface area (Å²) in [6, 6.07) is 11.8. The molecule has 1 N–H and O–H groups in total. The van der Waals surface area contributed by atoms with Gasteiger partial charge >= 0.3 is 0 Å². The fraction of sp³-hybridized carbons (Fsp3) is 0.118. The van der Waals surface area contributed by atoms with Gasteiger partial charge in [0.1, 0.15) is 5.75 Å². The lowest BCUT2D eigenvalue weighted by atomic mass is 10.1. The van der Waals surface area contributed by atoms with Crippen LogP contribution < -0.4 is 9.84 Å². The van der Waals surface area contributed by atoms with E-state index in [1.807, 2.05) is 6.07 Å². The number of ether oxygens (including phenoxy) is 1. The first kappa shape index (κ1) is 17.3. The summed E-state index contributed by atoms with van der Waals surface area (Å²) in [4.78, 5) is 15.3. The van der Waals surface area contributed by atoms with Crippen molar-refractivity contribution < 1.29 is 14.6 Å². The number of aromatic nitrogens is 3. The molecule has 1 heterocycles. The van der Waals surface area contributed by atoms with Crippen molar-refractivity contribution in [2.75, 3.05) is 7.11 Å². The number of hydrogen-bond acceptors (Lipinski definition) is 6. The van der Waals surface area contributed by atoms with Crippen molar-refractivity contribution in [2.45, 2.75) is 10.9 Å². The van der Waals surface area contributed by atoms with Gasteiger partial charge in [-0.1, -0.05) is 41.6 Å². The van der Waals surface area contributed by atoms with Gasteiger partial charge in [0.05, 0.1) is 18.6 Å². The zero-order chi connectivity index (χ0) is 17.8. The van der Waals surface area contributed by atoms with Crippen LogP contribution in [-0.4, -0.2) is 28.3 Å². The topological polar surface area (TPSA) is 90.9 Å². The van der Waals surface area contributed by atoms with Crippen LogP contribution in [0.2, 0.25) is 5.02 Å². The molecule has 0 fully saturated rings. The normalized spacial score (nSPS) is 10.6. The Morgan fingerprint density at radius 1 is 1.32 bits per heavy atom. The highest BCUT2D eigenvalue weighted by molar-refractivity contribution is 7.98. The molecule has 1 aromatic heterocycles. The summed E-state index contributed by atoms with van der Waals surface area (Å²) < 4.78 is 5.31. The van der Waals surface area contributed by atoms with Crippen molar-refractivity contribution in [3.05, 3.63) is 58.6 Å². The SMILES string of the molecule is COc1ccc(Cl)cc1-c1nc(SCc2cccc(C(=O)[O-])c2)n[nH]1. The number of aromatic carboxylic acids is 1. The van der Waals surface area contributed by atoms with Gasteiger partial charge in [0.25, 0.3) is 0 Å². The molecule has 0 atom stereocenters. The van der Waals surface area contributed by atoms with E-state index in [2.05, 4.69) is 15.2 Å². The molecule has 3 aromatic rings. The number of H-pyrrole nitrogens is 1. The van der Waals surface area contributed by atoms with E-state index >= 15 is 0 Å². The lowest BCUT2D eigenvalue weighted by Crippen LogP contribution is -2.22. The monoisotopic (exact) mass is 374 g/mol. The van der Waals surface area contributed by atoms with Gasteiger partial charge < -0.3 is 14.6 Å². The average Bonchev–Trinajstić information content (AvgIpc) is 3.09. The molecule has 3 rings (SSSR count). The van der Waals surface area contributed by atoms with Gasteiger partial charge in [-0.2, -0.15) is 0 Å². The second kappa shape index (κ2) is 7.58. The standard InChI is InChI=1S/C17H14ClN3O3S/c1-24-14-6-5-12(18)8-13(14)15-19-17(21-20-15)25-9-10-3-2-4-11(7-10)16(22)23/h2-8H,9H2,1H3,(H,22,23)(H,19,20,21)/p-1. The van der Waals surface area contributed by atoms with Crippen LogP contribution in [0.5, 0.6) is 5.75 Å². The molecule has 0 unspecified atom stereocenters. The molecule has 6 nitrogen and oxygen atoms in total. The maximum atomic E-state index is 10.9. The highest BCUT2D eigenvalue weighted by Gasteiger charge is 2.12. The van der Waals surface area contributed by atoms with Crippen LogP contribution in [0.25, 0.3) is 11.4 Å². The third-order valence-corrected chi connectivity index (χ3v) is 4.57. The molecule has 0 amide bonds. The average molecular weight is 375 g/mol. The number of benzene rings is 2. The number of nitrogens with zero attached hydrogens (tertiary/aromatic N) is 2. The minimum atomic E-state index is -1.19. The van der Waals surface area contributed by atoms with Crippen molar-refractivity contribution in [3.63, 3.8) is 0 Å². The van der Waals surface area contributed by atoms with Crippen molar-refractivity contribution >= 4 is 29.3 Å². The molecule has 8 heteroatoms. The van der Waals surface area contributed by atoms with Crippen LogP contribution in [0.4, 0.5) is 0 Å². The van der Waals surface area contributed by atoms with E-state index in [0.717, 1.165) is 5.56 Å². The predicted octanol–water partition coefficient (Wildman–Crippen LogP) is 2.79. The van der Waals surface area contributed by atoms with E-state index in [1.54, 1.807) is 37.4 Å². The number of hydrogen-bond donors (Lipinski definition) is 1. The lowest BCUT2D eigenvalue weighted by molar-refractivity contribution is -0.255. The molecule has 0 saturated heterocycles. The maximum Gasteiger partial charge on any atom is 0.209 e. The van der Waals surface area contributed by atoms with E-state index < -0.39 is 5.97 Å². The zero-order valence-electron chi connectivity index (χ0n) is 13.2. The molecule has 128 valence electrons. The highest BCUT2D eigenvalue weighted by atomic mass is 35.5. The number of aromatic amines is 1. The summed E-state index contributed by atoms with van der Waals surface area (Å²) in [6.07, 6.45) is 0. The Labute approximate surface area is 153 Å². The van der Waals surface area contributed by atoms with E-state index in [9.17, 15) is 9.90 Å². The summed E-state index contributed by atoms with van der Waals surface area (Å²) in [6.45, 7) is 0. The third-order valence-electron chi connectivity index (χ3n) is 3.41. The Morgan fingerprint density at radius 2 is 2.16 bits per heavy atom. The largest absolute Gasteiger partial charge is 0.545 e. The van der Waals surface area contributed by atoms with E-state index in [4.69, 9.17) is 16.3 Å². The van der Waals surface area contributed by atoms with Crippen molar-refractivity contribution in [2.24, 2.45) is 0 Å². The number of rotatable bonds is 6. The second-order valence-electron chi connectivity index (χ2n) is 5.09. The number of thioether (sulfide) groups is 1. The zero-order valence-corrected chi connectivity index (χ0v) is 14.7. The number of carbonyl (C=O) groups is 1. The smallest absolute Gasteiger partial charge is 0.209 e. The molecule has 0 bridgehead atoms.